The van der Waals surface area contributed by atoms with Crippen LogP contribution in [-0.4, -0.2) is 18.4 Å². The number of nitrogens with zero attached hydrogens (tertiary/aromatic N) is 1. The molecule has 1 aromatic carbocycles. The normalized spacial score (nSPS) is 19.4. The molecular weight excluding hydrogens is 371 g/mol. The summed E-state index contributed by atoms with van der Waals surface area (Å²) in [5.74, 6) is -1.62. The van der Waals surface area contributed by atoms with Crippen LogP contribution in [0.2, 0.25) is 0 Å². The molecule has 0 saturated carbocycles. The molecule has 1 fully saturated rings. The number of rotatable bonds is 2. The lowest BCUT2D eigenvalue weighted by Crippen LogP contribution is -2.28. The number of nitrogens with two attached hydrogens (primary N) is 1. The summed E-state index contributed by atoms with van der Waals surface area (Å²) in [4.78, 5) is 24.4. The first-order valence-corrected chi connectivity index (χ1v) is 6.73. The van der Waals surface area contributed by atoms with Crippen molar-refractivity contribution < 1.29 is 14.0 Å². The molecule has 0 bridgehead atoms. The quantitative estimate of drug-likeness (QED) is 0.855. The van der Waals surface area contributed by atoms with Crippen molar-refractivity contribution >= 4 is 49.4 Å². The Hall–Kier alpha value is -0.950. The van der Waals surface area contributed by atoms with Crippen LogP contribution < -0.4 is 10.6 Å². The van der Waals surface area contributed by atoms with E-state index in [4.69, 9.17) is 5.73 Å². The van der Waals surface area contributed by atoms with Crippen molar-refractivity contribution in [3.05, 3.63) is 26.9 Å². The Balaban J connectivity index is 2.39. The lowest BCUT2D eigenvalue weighted by atomic mass is 10.1. The Labute approximate surface area is 120 Å². The molecule has 2 N–H and O–H groups in total. The fourth-order valence-electron chi connectivity index (χ4n) is 1.91. The molecular formula is C11H9Br2FN2O2. The van der Waals surface area contributed by atoms with Gasteiger partial charge in [0, 0.05) is 21.9 Å². The zero-order valence-corrected chi connectivity index (χ0v) is 12.3. The lowest BCUT2D eigenvalue weighted by molar-refractivity contribution is -0.123. The highest BCUT2D eigenvalue weighted by Gasteiger charge is 2.35. The Kier molecular flexibility index (Phi) is 3.72. The third-order valence-electron chi connectivity index (χ3n) is 2.78. The van der Waals surface area contributed by atoms with Gasteiger partial charge in [0.25, 0.3) is 0 Å². The van der Waals surface area contributed by atoms with Crippen LogP contribution >= 0.6 is 31.9 Å². The lowest BCUT2D eigenvalue weighted by Gasteiger charge is -2.19. The van der Waals surface area contributed by atoms with Crippen LogP contribution in [0.3, 0.4) is 0 Å². The minimum atomic E-state index is -0.500. The molecule has 1 heterocycles. The number of primary amides is 1. The van der Waals surface area contributed by atoms with Crippen molar-refractivity contribution in [3.8, 4) is 0 Å². The van der Waals surface area contributed by atoms with E-state index in [0.29, 0.717) is 14.6 Å². The fraction of sp³-hybridized carbons (Fsp3) is 0.273. The second-order valence-corrected chi connectivity index (χ2v) is 5.73. The van der Waals surface area contributed by atoms with Crippen LogP contribution in [-0.2, 0) is 9.59 Å². The van der Waals surface area contributed by atoms with E-state index in [1.165, 1.54) is 17.0 Å². The molecule has 18 heavy (non-hydrogen) atoms. The highest BCUT2D eigenvalue weighted by atomic mass is 79.9. The molecule has 1 unspecified atom stereocenters. The van der Waals surface area contributed by atoms with Crippen LogP contribution in [0, 0.1) is 11.7 Å². The van der Waals surface area contributed by atoms with Gasteiger partial charge < -0.3 is 10.6 Å². The van der Waals surface area contributed by atoms with Gasteiger partial charge in [0.2, 0.25) is 11.8 Å². The van der Waals surface area contributed by atoms with Gasteiger partial charge in [0.1, 0.15) is 5.82 Å². The number of benzene rings is 1. The molecule has 2 rings (SSSR count). The summed E-state index contributed by atoms with van der Waals surface area (Å²) in [6, 6.07) is 2.54. The minimum absolute atomic E-state index is 0.0889. The summed E-state index contributed by atoms with van der Waals surface area (Å²) in [7, 11) is 0. The second kappa shape index (κ2) is 4.97. The van der Waals surface area contributed by atoms with Gasteiger partial charge in [0.05, 0.1) is 11.6 Å². The van der Waals surface area contributed by atoms with E-state index in [0.717, 1.165) is 0 Å². The maximum Gasteiger partial charge on any atom is 0.227 e. The number of anilines is 1. The van der Waals surface area contributed by atoms with E-state index in [9.17, 15) is 14.0 Å². The summed E-state index contributed by atoms with van der Waals surface area (Å²) >= 11 is 6.42. The zero-order valence-electron chi connectivity index (χ0n) is 9.12. The van der Waals surface area contributed by atoms with Gasteiger partial charge in [-0.2, -0.15) is 0 Å². The number of hydrogen-bond acceptors (Lipinski definition) is 2. The first kappa shape index (κ1) is 13.5. The summed E-state index contributed by atoms with van der Waals surface area (Å²) in [5, 5.41) is 0. The first-order chi connectivity index (χ1) is 8.40. The average molecular weight is 380 g/mol. The van der Waals surface area contributed by atoms with Crippen molar-refractivity contribution in [2.75, 3.05) is 11.4 Å². The highest BCUT2D eigenvalue weighted by molar-refractivity contribution is 9.11. The molecule has 2 amide bonds. The molecule has 0 spiro atoms. The Morgan fingerprint density at radius 1 is 1.39 bits per heavy atom. The van der Waals surface area contributed by atoms with E-state index in [1.54, 1.807) is 0 Å². The summed E-state index contributed by atoms with van der Waals surface area (Å²) in [6.07, 6.45) is 0.0889. The van der Waals surface area contributed by atoms with E-state index >= 15 is 0 Å². The average Bonchev–Trinajstić information content (AvgIpc) is 2.59. The molecule has 4 nitrogen and oxygen atoms in total. The third-order valence-corrected chi connectivity index (χ3v) is 3.99. The van der Waals surface area contributed by atoms with Gasteiger partial charge in [-0.25, -0.2) is 4.39 Å². The Morgan fingerprint density at radius 3 is 2.39 bits per heavy atom. The number of halogens is 3. The van der Waals surface area contributed by atoms with Gasteiger partial charge in [-0.1, -0.05) is 0 Å². The van der Waals surface area contributed by atoms with Gasteiger partial charge in [-0.05, 0) is 44.0 Å². The number of carbonyl (C=O) groups is 2. The molecule has 1 aliphatic rings. The summed E-state index contributed by atoms with van der Waals surface area (Å²) in [6.45, 7) is 0.219. The van der Waals surface area contributed by atoms with Crippen LogP contribution in [0.15, 0.2) is 21.1 Å². The molecule has 7 heteroatoms. The summed E-state index contributed by atoms with van der Waals surface area (Å²) in [5.41, 5.74) is 5.72. The molecule has 1 atom stereocenters. The van der Waals surface area contributed by atoms with Crippen LogP contribution in [0.4, 0.5) is 10.1 Å². The SMILES string of the molecule is NC(=O)C1CC(=O)N(c2c(Br)cc(F)cc2Br)C1. The third kappa shape index (κ3) is 2.42. The van der Waals surface area contributed by atoms with Crippen molar-refractivity contribution in [1.82, 2.24) is 0 Å². The Morgan fingerprint density at radius 2 is 1.94 bits per heavy atom. The van der Waals surface area contributed by atoms with E-state index in [2.05, 4.69) is 31.9 Å². The van der Waals surface area contributed by atoms with Gasteiger partial charge >= 0.3 is 0 Å². The zero-order chi connectivity index (χ0) is 13.4. The Bertz CT molecular complexity index is 513. The van der Waals surface area contributed by atoms with Gasteiger partial charge in [-0.15, -0.1) is 0 Å². The number of amides is 2. The van der Waals surface area contributed by atoms with E-state index in [1.807, 2.05) is 0 Å². The van der Waals surface area contributed by atoms with Crippen LogP contribution in [0.5, 0.6) is 0 Å². The van der Waals surface area contributed by atoms with Crippen molar-refractivity contribution in [3.63, 3.8) is 0 Å². The van der Waals surface area contributed by atoms with Crippen molar-refractivity contribution in [2.45, 2.75) is 6.42 Å². The monoisotopic (exact) mass is 378 g/mol. The maximum absolute atomic E-state index is 13.2. The topological polar surface area (TPSA) is 63.4 Å². The molecule has 1 aliphatic heterocycles. The number of carbonyl (C=O) groups excluding carboxylic acids is 2. The molecule has 1 saturated heterocycles. The van der Waals surface area contributed by atoms with Gasteiger partial charge in [-0.3, -0.25) is 9.59 Å². The largest absolute Gasteiger partial charge is 0.369 e. The van der Waals surface area contributed by atoms with Gasteiger partial charge in [0.15, 0.2) is 0 Å². The molecule has 0 radical (unpaired) electrons. The van der Waals surface area contributed by atoms with Crippen LogP contribution in [0.25, 0.3) is 0 Å². The minimum Gasteiger partial charge on any atom is -0.369 e. The predicted molar refractivity (Wildman–Crippen MR) is 71.5 cm³/mol. The fourth-order valence-corrected chi connectivity index (χ4v) is 3.47. The second-order valence-electron chi connectivity index (χ2n) is 4.03. The maximum atomic E-state index is 13.2. The number of hydrogen-bond donors (Lipinski definition) is 1. The van der Waals surface area contributed by atoms with Crippen molar-refractivity contribution in [1.29, 1.82) is 0 Å². The standard InChI is InChI=1S/C11H9Br2FN2O2/c12-7-2-6(14)3-8(13)10(7)16-4-5(11(15)18)1-9(16)17/h2-3,5H,1,4H2,(H2,15,18). The molecule has 96 valence electrons. The summed E-state index contributed by atoms with van der Waals surface area (Å²) < 4.78 is 14.1. The first-order valence-electron chi connectivity index (χ1n) is 5.14. The van der Waals surface area contributed by atoms with E-state index in [-0.39, 0.29) is 18.9 Å². The predicted octanol–water partition coefficient (Wildman–Crippen LogP) is 2.19. The van der Waals surface area contributed by atoms with Crippen molar-refractivity contribution in [2.24, 2.45) is 11.7 Å². The molecule has 1 aromatic rings. The molecule has 0 aromatic heterocycles. The van der Waals surface area contributed by atoms with E-state index < -0.39 is 17.6 Å². The highest BCUT2D eigenvalue weighted by Crippen LogP contribution is 2.38. The smallest absolute Gasteiger partial charge is 0.227 e. The van der Waals surface area contributed by atoms with Crippen LogP contribution in [0.1, 0.15) is 6.42 Å². The molecule has 0 aliphatic carbocycles.